The zero-order valence-electron chi connectivity index (χ0n) is 10.3. The normalized spacial score (nSPS) is 40.9. The molecular weight excluding hydrogens is 204 g/mol. The van der Waals surface area contributed by atoms with Gasteiger partial charge in [0.2, 0.25) is 0 Å². The smallest absolute Gasteiger partial charge is 0.157 e. The Kier molecular flexibility index (Phi) is 4.22. The molecule has 1 atom stereocenters. The first kappa shape index (κ1) is 12.3. The molecule has 2 fully saturated rings. The summed E-state index contributed by atoms with van der Waals surface area (Å²) in [5.74, 6) is 0. The molecule has 2 rings (SSSR count). The Bertz CT molecular complexity index is 203. The molecule has 1 aliphatic carbocycles. The lowest BCUT2D eigenvalue weighted by molar-refractivity contribution is -0.197. The van der Waals surface area contributed by atoms with Gasteiger partial charge in [0.25, 0.3) is 0 Å². The molecule has 0 spiro atoms. The predicted octanol–water partition coefficient (Wildman–Crippen LogP) is 2.47. The molecule has 0 bridgehead atoms. The van der Waals surface area contributed by atoms with E-state index in [0.717, 1.165) is 38.7 Å². The van der Waals surface area contributed by atoms with E-state index in [2.05, 4.69) is 6.92 Å². The van der Waals surface area contributed by atoms with Gasteiger partial charge in [-0.15, -0.1) is 0 Å². The van der Waals surface area contributed by atoms with Crippen LogP contribution in [-0.4, -0.2) is 30.7 Å². The zero-order chi connectivity index (χ0) is 11.4. The highest BCUT2D eigenvalue weighted by Gasteiger charge is 2.32. The highest BCUT2D eigenvalue weighted by Crippen LogP contribution is 2.37. The van der Waals surface area contributed by atoms with Crippen LogP contribution in [0.1, 0.15) is 51.9 Å². The fourth-order valence-corrected chi connectivity index (χ4v) is 2.62. The SMILES string of the molecule is CC1(CO)CCC(O[C@H]2CCCCO2)CC1. The van der Waals surface area contributed by atoms with E-state index < -0.39 is 0 Å². The maximum Gasteiger partial charge on any atom is 0.157 e. The summed E-state index contributed by atoms with van der Waals surface area (Å²) in [7, 11) is 0. The van der Waals surface area contributed by atoms with Gasteiger partial charge in [0.1, 0.15) is 0 Å². The quantitative estimate of drug-likeness (QED) is 0.806. The molecule has 3 nitrogen and oxygen atoms in total. The van der Waals surface area contributed by atoms with Gasteiger partial charge >= 0.3 is 0 Å². The summed E-state index contributed by atoms with van der Waals surface area (Å²) in [4.78, 5) is 0. The fraction of sp³-hybridized carbons (Fsp3) is 1.00. The predicted molar refractivity (Wildman–Crippen MR) is 62.1 cm³/mol. The fourth-order valence-electron chi connectivity index (χ4n) is 2.62. The molecule has 0 aromatic heterocycles. The van der Waals surface area contributed by atoms with Crippen molar-refractivity contribution in [3.05, 3.63) is 0 Å². The molecule has 3 heteroatoms. The molecular formula is C13H24O3. The minimum Gasteiger partial charge on any atom is -0.396 e. The summed E-state index contributed by atoms with van der Waals surface area (Å²) >= 11 is 0. The maximum absolute atomic E-state index is 9.29. The number of aliphatic hydroxyl groups excluding tert-OH is 1. The van der Waals surface area contributed by atoms with Crippen molar-refractivity contribution in [2.24, 2.45) is 5.41 Å². The summed E-state index contributed by atoms with van der Waals surface area (Å²) < 4.78 is 11.6. The minimum atomic E-state index is 0.0391. The Morgan fingerprint density at radius 1 is 1.25 bits per heavy atom. The van der Waals surface area contributed by atoms with Crippen molar-refractivity contribution in [1.82, 2.24) is 0 Å². The van der Waals surface area contributed by atoms with Crippen LogP contribution in [0, 0.1) is 5.41 Å². The van der Waals surface area contributed by atoms with Crippen molar-refractivity contribution in [3.8, 4) is 0 Å². The van der Waals surface area contributed by atoms with Crippen molar-refractivity contribution < 1.29 is 14.6 Å². The number of ether oxygens (including phenoxy) is 2. The van der Waals surface area contributed by atoms with E-state index in [1.165, 1.54) is 12.8 Å². The minimum absolute atomic E-state index is 0.0391. The van der Waals surface area contributed by atoms with E-state index in [9.17, 15) is 5.11 Å². The lowest BCUT2D eigenvalue weighted by Crippen LogP contribution is -2.35. The van der Waals surface area contributed by atoms with Gasteiger partial charge in [-0.05, 0) is 50.4 Å². The molecule has 2 aliphatic rings. The van der Waals surface area contributed by atoms with Gasteiger partial charge < -0.3 is 14.6 Å². The molecule has 0 amide bonds. The second-order valence-corrected chi connectivity index (χ2v) is 5.60. The van der Waals surface area contributed by atoms with E-state index in [-0.39, 0.29) is 11.7 Å². The number of rotatable bonds is 3. The Labute approximate surface area is 98.1 Å². The van der Waals surface area contributed by atoms with E-state index in [1.54, 1.807) is 0 Å². The maximum atomic E-state index is 9.29. The Hall–Kier alpha value is -0.120. The van der Waals surface area contributed by atoms with Gasteiger partial charge in [0.05, 0.1) is 6.10 Å². The Morgan fingerprint density at radius 2 is 2.00 bits per heavy atom. The van der Waals surface area contributed by atoms with Crippen LogP contribution in [0.3, 0.4) is 0 Å². The van der Waals surface area contributed by atoms with Crippen molar-refractivity contribution in [3.63, 3.8) is 0 Å². The molecule has 0 radical (unpaired) electrons. The Morgan fingerprint density at radius 3 is 2.56 bits per heavy atom. The van der Waals surface area contributed by atoms with Crippen LogP contribution in [0.2, 0.25) is 0 Å². The summed E-state index contributed by atoms with van der Waals surface area (Å²) in [6.45, 7) is 3.33. The van der Waals surface area contributed by atoms with Crippen molar-refractivity contribution in [1.29, 1.82) is 0 Å². The highest BCUT2D eigenvalue weighted by molar-refractivity contribution is 4.82. The van der Waals surface area contributed by atoms with Crippen molar-refractivity contribution in [2.75, 3.05) is 13.2 Å². The first-order valence-electron chi connectivity index (χ1n) is 6.60. The third-order valence-electron chi connectivity index (χ3n) is 4.00. The molecule has 1 heterocycles. The second-order valence-electron chi connectivity index (χ2n) is 5.60. The van der Waals surface area contributed by atoms with Gasteiger partial charge in [-0.2, -0.15) is 0 Å². The second kappa shape index (κ2) is 5.48. The van der Waals surface area contributed by atoms with E-state index in [1.807, 2.05) is 0 Å². The van der Waals surface area contributed by atoms with Crippen LogP contribution in [0.4, 0.5) is 0 Å². The number of aliphatic hydroxyl groups is 1. The molecule has 0 unspecified atom stereocenters. The lowest BCUT2D eigenvalue weighted by Gasteiger charge is -2.37. The molecule has 1 N–H and O–H groups in total. The third-order valence-corrected chi connectivity index (χ3v) is 4.00. The summed E-state index contributed by atoms with van der Waals surface area (Å²) in [5, 5.41) is 9.29. The largest absolute Gasteiger partial charge is 0.396 e. The van der Waals surface area contributed by atoms with Gasteiger partial charge in [-0.3, -0.25) is 0 Å². The lowest BCUT2D eigenvalue weighted by atomic mass is 9.75. The molecule has 94 valence electrons. The number of hydrogen-bond acceptors (Lipinski definition) is 3. The molecule has 1 saturated carbocycles. The monoisotopic (exact) mass is 228 g/mol. The van der Waals surface area contributed by atoms with Gasteiger partial charge in [-0.1, -0.05) is 6.92 Å². The van der Waals surface area contributed by atoms with Crippen LogP contribution in [0.25, 0.3) is 0 Å². The molecule has 16 heavy (non-hydrogen) atoms. The van der Waals surface area contributed by atoms with Crippen LogP contribution in [0.15, 0.2) is 0 Å². The number of hydrogen-bond donors (Lipinski definition) is 1. The summed E-state index contributed by atoms with van der Waals surface area (Å²) in [6, 6.07) is 0. The molecule has 0 aromatic rings. The molecule has 0 aromatic carbocycles. The first-order valence-corrected chi connectivity index (χ1v) is 6.60. The molecule has 1 saturated heterocycles. The van der Waals surface area contributed by atoms with Crippen molar-refractivity contribution in [2.45, 2.75) is 64.3 Å². The van der Waals surface area contributed by atoms with Crippen LogP contribution < -0.4 is 0 Å². The van der Waals surface area contributed by atoms with E-state index in [0.29, 0.717) is 12.7 Å². The first-order chi connectivity index (χ1) is 7.72. The van der Waals surface area contributed by atoms with Crippen LogP contribution in [-0.2, 0) is 9.47 Å². The summed E-state index contributed by atoms with van der Waals surface area (Å²) in [6.07, 6.45) is 8.11. The highest BCUT2D eigenvalue weighted by atomic mass is 16.7. The summed E-state index contributed by atoms with van der Waals surface area (Å²) in [5.41, 5.74) is 0.132. The van der Waals surface area contributed by atoms with E-state index >= 15 is 0 Å². The van der Waals surface area contributed by atoms with E-state index in [4.69, 9.17) is 9.47 Å². The molecule has 1 aliphatic heterocycles. The van der Waals surface area contributed by atoms with Gasteiger partial charge in [0.15, 0.2) is 6.29 Å². The van der Waals surface area contributed by atoms with Crippen LogP contribution >= 0.6 is 0 Å². The van der Waals surface area contributed by atoms with Gasteiger partial charge in [-0.25, -0.2) is 0 Å². The van der Waals surface area contributed by atoms with Crippen LogP contribution in [0.5, 0.6) is 0 Å². The standard InChI is InChI=1S/C13H24O3/c1-13(10-14)7-5-11(6-8-13)16-12-4-2-3-9-15-12/h11-12,14H,2-10H2,1H3/t11?,12-,13?/m0/s1. The Balaban J connectivity index is 1.72. The third kappa shape index (κ3) is 3.19. The van der Waals surface area contributed by atoms with Gasteiger partial charge in [0, 0.05) is 13.2 Å². The average molecular weight is 228 g/mol. The van der Waals surface area contributed by atoms with Crippen molar-refractivity contribution >= 4 is 0 Å². The zero-order valence-corrected chi connectivity index (χ0v) is 10.3. The topological polar surface area (TPSA) is 38.7 Å². The average Bonchev–Trinajstić information content (AvgIpc) is 2.34.